The molecule has 1 N–H and O–H groups in total. The Balaban J connectivity index is 1.93. The van der Waals surface area contributed by atoms with Crippen LogP contribution in [0.2, 0.25) is 0 Å². The second-order valence-corrected chi connectivity index (χ2v) is 7.88. The summed E-state index contributed by atoms with van der Waals surface area (Å²) in [5, 5.41) is 10.4. The number of carbonyl (C=O) groups is 1. The molecule has 4 heteroatoms. The van der Waals surface area contributed by atoms with Gasteiger partial charge in [-0.25, -0.2) is 0 Å². The average molecular weight is 324 g/mol. The zero-order chi connectivity index (χ0) is 16.4. The second kappa shape index (κ2) is 7.10. The van der Waals surface area contributed by atoms with Crippen LogP contribution in [0.1, 0.15) is 52.4 Å². The van der Waals surface area contributed by atoms with Crippen LogP contribution >= 0.6 is 0 Å². The molecule has 1 saturated carbocycles. The first-order chi connectivity index (χ1) is 11.1. The number of ether oxygens (including phenoxy) is 2. The minimum atomic E-state index is -0.544. The first-order valence-electron chi connectivity index (χ1n) is 9.54. The first kappa shape index (κ1) is 17.2. The zero-order valence-electron chi connectivity index (χ0n) is 14.6. The molecule has 2 aliphatic heterocycles. The van der Waals surface area contributed by atoms with Gasteiger partial charge in [0, 0.05) is 11.8 Å². The minimum absolute atomic E-state index is 0.258. The highest BCUT2D eigenvalue weighted by atomic mass is 16.5. The Kier molecular flexibility index (Phi) is 5.32. The van der Waals surface area contributed by atoms with E-state index in [2.05, 4.69) is 13.8 Å². The van der Waals surface area contributed by atoms with Crippen LogP contribution in [0.15, 0.2) is 0 Å². The largest absolute Gasteiger partial charge is 0.481 e. The molecule has 0 amide bonds. The van der Waals surface area contributed by atoms with E-state index in [4.69, 9.17) is 9.47 Å². The Hall–Kier alpha value is -0.610. The van der Waals surface area contributed by atoms with Gasteiger partial charge in [-0.05, 0) is 30.6 Å². The van der Waals surface area contributed by atoms with Crippen LogP contribution < -0.4 is 0 Å². The quantitative estimate of drug-likeness (QED) is 0.777. The fourth-order valence-electron chi connectivity index (χ4n) is 5.76. The highest BCUT2D eigenvalue weighted by Gasteiger charge is 2.57. The van der Waals surface area contributed by atoms with E-state index in [0.717, 1.165) is 58.5 Å². The van der Waals surface area contributed by atoms with Crippen LogP contribution in [0.3, 0.4) is 0 Å². The summed E-state index contributed by atoms with van der Waals surface area (Å²) in [6, 6.07) is 0. The van der Waals surface area contributed by atoms with Crippen LogP contribution in [0.4, 0.5) is 0 Å². The molecule has 4 atom stereocenters. The maximum absolute atomic E-state index is 12.6. The van der Waals surface area contributed by atoms with Crippen LogP contribution in [0.5, 0.6) is 0 Å². The van der Waals surface area contributed by atoms with Gasteiger partial charge in [0.2, 0.25) is 0 Å². The average Bonchev–Trinajstić information content (AvgIpc) is 2.46. The van der Waals surface area contributed by atoms with E-state index in [9.17, 15) is 9.90 Å². The molecular formula is C19H32O4. The minimum Gasteiger partial charge on any atom is -0.481 e. The van der Waals surface area contributed by atoms with Crippen molar-refractivity contribution in [3.05, 3.63) is 0 Å². The molecule has 3 fully saturated rings. The molecule has 23 heavy (non-hydrogen) atoms. The van der Waals surface area contributed by atoms with Crippen molar-refractivity contribution in [1.82, 2.24) is 0 Å². The van der Waals surface area contributed by atoms with Gasteiger partial charge < -0.3 is 14.6 Å². The fourth-order valence-corrected chi connectivity index (χ4v) is 5.76. The lowest BCUT2D eigenvalue weighted by molar-refractivity contribution is -0.185. The number of hydrogen-bond acceptors (Lipinski definition) is 3. The number of carboxylic acid groups (broad SMARTS) is 1. The smallest absolute Gasteiger partial charge is 0.310 e. The van der Waals surface area contributed by atoms with Gasteiger partial charge in [-0.3, -0.25) is 4.79 Å². The van der Waals surface area contributed by atoms with Gasteiger partial charge >= 0.3 is 5.97 Å². The highest BCUT2D eigenvalue weighted by Crippen LogP contribution is 2.56. The van der Waals surface area contributed by atoms with Crippen molar-refractivity contribution in [2.24, 2.45) is 35.0 Å². The van der Waals surface area contributed by atoms with Crippen LogP contribution in [0, 0.1) is 35.0 Å². The zero-order valence-corrected chi connectivity index (χ0v) is 14.6. The lowest BCUT2D eigenvalue weighted by Gasteiger charge is -2.54. The Morgan fingerprint density at radius 2 is 1.74 bits per heavy atom. The summed E-state index contributed by atoms with van der Waals surface area (Å²) in [4.78, 5) is 12.6. The third-order valence-electron chi connectivity index (χ3n) is 7.01. The monoisotopic (exact) mass is 324 g/mol. The van der Waals surface area contributed by atoms with Crippen molar-refractivity contribution in [3.8, 4) is 0 Å². The molecule has 2 saturated heterocycles. The van der Waals surface area contributed by atoms with Gasteiger partial charge in [0.05, 0.1) is 31.8 Å². The van der Waals surface area contributed by atoms with E-state index >= 15 is 0 Å². The summed E-state index contributed by atoms with van der Waals surface area (Å²) in [5.74, 6) is 1.52. The summed E-state index contributed by atoms with van der Waals surface area (Å²) in [6.07, 6.45) is 6.20. The molecule has 4 nitrogen and oxygen atoms in total. The molecule has 132 valence electrons. The Bertz CT molecular complexity index is 416. The lowest BCUT2D eigenvalue weighted by atomic mass is 9.51. The summed E-state index contributed by atoms with van der Waals surface area (Å²) >= 11 is 0. The molecular weight excluding hydrogens is 292 g/mol. The topological polar surface area (TPSA) is 55.8 Å². The van der Waals surface area contributed by atoms with E-state index < -0.39 is 11.4 Å². The molecule has 3 aliphatic rings. The third kappa shape index (κ3) is 2.82. The predicted octanol–water partition coefficient (Wildman–Crippen LogP) is 3.59. The Morgan fingerprint density at radius 3 is 2.17 bits per heavy atom. The van der Waals surface area contributed by atoms with E-state index in [0.29, 0.717) is 23.7 Å². The molecule has 0 aromatic rings. The van der Waals surface area contributed by atoms with Gasteiger partial charge in [0.25, 0.3) is 0 Å². The van der Waals surface area contributed by atoms with Crippen molar-refractivity contribution in [3.63, 3.8) is 0 Å². The van der Waals surface area contributed by atoms with Gasteiger partial charge in [-0.2, -0.15) is 0 Å². The van der Waals surface area contributed by atoms with Crippen molar-refractivity contribution in [1.29, 1.82) is 0 Å². The molecule has 4 unspecified atom stereocenters. The van der Waals surface area contributed by atoms with Crippen molar-refractivity contribution >= 4 is 5.97 Å². The lowest BCUT2D eigenvalue weighted by Crippen LogP contribution is -2.56. The van der Waals surface area contributed by atoms with E-state index in [-0.39, 0.29) is 5.92 Å². The van der Waals surface area contributed by atoms with Gasteiger partial charge in [-0.1, -0.05) is 39.5 Å². The normalized spacial score (nSPS) is 35.1. The number of aliphatic carboxylic acids is 1. The summed E-state index contributed by atoms with van der Waals surface area (Å²) in [5.41, 5.74) is -0.544. The summed E-state index contributed by atoms with van der Waals surface area (Å²) in [6.45, 7) is 7.57. The standard InChI is InChI=1S/C19H32O4/c1-3-15(13-9-22-10-13)17-7-5-6-8-19(17,18(20)21)16(4-2)14-11-23-12-14/h13-17H,3-12H2,1-2H3,(H,20,21). The van der Waals surface area contributed by atoms with Gasteiger partial charge in [0.15, 0.2) is 0 Å². The third-order valence-corrected chi connectivity index (χ3v) is 7.01. The molecule has 0 aromatic heterocycles. The predicted molar refractivity (Wildman–Crippen MR) is 88.2 cm³/mol. The Morgan fingerprint density at radius 1 is 1.09 bits per heavy atom. The fraction of sp³-hybridized carbons (Fsp3) is 0.947. The molecule has 0 radical (unpaired) electrons. The molecule has 3 rings (SSSR count). The SMILES string of the molecule is CCC(C1COC1)C1CCCCC1(C(=O)O)C(CC)C1COC1. The number of carboxylic acids is 1. The maximum Gasteiger partial charge on any atom is 0.310 e. The molecule has 1 aliphatic carbocycles. The molecule has 0 bridgehead atoms. The van der Waals surface area contributed by atoms with E-state index in [1.54, 1.807) is 0 Å². The highest BCUT2D eigenvalue weighted by molar-refractivity contribution is 5.76. The molecule has 0 aromatic carbocycles. The van der Waals surface area contributed by atoms with Crippen LogP contribution in [-0.4, -0.2) is 37.5 Å². The van der Waals surface area contributed by atoms with Crippen LogP contribution in [-0.2, 0) is 14.3 Å². The second-order valence-electron chi connectivity index (χ2n) is 7.88. The first-order valence-corrected chi connectivity index (χ1v) is 9.54. The summed E-state index contributed by atoms with van der Waals surface area (Å²) < 4.78 is 10.9. The maximum atomic E-state index is 12.6. The summed E-state index contributed by atoms with van der Waals surface area (Å²) in [7, 11) is 0. The van der Waals surface area contributed by atoms with E-state index in [1.165, 1.54) is 6.42 Å². The van der Waals surface area contributed by atoms with Gasteiger partial charge in [0.1, 0.15) is 0 Å². The molecule has 0 spiro atoms. The van der Waals surface area contributed by atoms with Gasteiger partial charge in [-0.15, -0.1) is 0 Å². The molecule has 2 heterocycles. The number of hydrogen-bond donors (Lipinski definition) is 1. The van der Waals surface area contributed by atoms with Crippen molar-refractivity contribution < 1.29 is 19.4 Å². The van der Waals surface area contributed by atoms with Crippen molar-refractivity contribution in [2.45, 2.75) is 52.4 Å². The van der Waals surface area contributed by atoms with Crippen LogP contribution in [0.25, 0.3) is 0 Å². The van der Waals surface area contributed by atoms with E-state index in [1.807, 2.05) is 0 Å². The van der Waals surface area contributed by atoms with Crippen molar-refractivity contribution in [2.75, 3.05) is 26.4 Å². The Labute approximate surface area is 139 Å². The number of rotatable bonds is 7.